The summed E-state index contributed by atoms with van der Waals surface area (Å²) in [6.45, 7) is 4.23. The number of sulfone groups is 1. The maximum absolute atomic E-state index is 12.7. The largest absolute Gasteiger partial charge is 0.334 e. The molecule has 0 amide bonds. The predicted octanol–water partition coefficient (Wildman–Crippen LogP) is 0.921. The lowest BCUT2D eigenvalue weighted by Gasteiger charge is -2.17. The number of aromatic amines is 1. The number of aryl methyl sites for hydroxylation is 1. The number of hydrogen-bond acceptors (Lipinski definition) is 5. The third-order valence-electron chi connectivity index (χ3n) is 5.44. The molecule has 0 spiro atoms. The maximum atomic E-state index is 12.7. The van der Waals surface area contributed by atoms with Crippen LogP contribution < -0.4 is 10.9 Å². The zero-order chi connectivity index (χ0) is 17.8. The number of quaternary nitrogens is 1. The number of nitrogens with one attached hydrogen (secondary N) is 1. The SMILES string of the molecule is C[C@@H]1CCc2c(sc3nc([C@H](C)[NH2+][C@@H]4CCS(=O)(=O)C4)[nH]c(=O)c23)C1. The van der Waals surface area contributed by atoms with E-state index < -0.39 is 9.84 Å². The van der Waals surface area contributed by atoms with Crippen LogP contribution in [-0.2, 0) is 22.7 Å². The first-order valence-electron chi connectivity index (χ1n) is 8.92. The number of rotatable bonds is 3. The van der Waals surface area contributed by atoms with Gasteiger partial charge in [-0.3, -0.25) is 4.79 Å². The summed E-state index contributed by atoms with van der Waals surface area (Å²) < 4.78 is 23.3. The van der Waals surface area contributed by atoms with Gasteiger partial charge in [-0.05, 0) is 37.7 Å². The lowest BCUT2D eigenvalue weighted by atomic mass is 9.89. The summed E-state index contributed by atoms with van der Waals surface area (Å²) in [5.74, 6) is 1.79. The van der Waals surface area contributed by atoms with E-state index in [4.69, 9.17) is 4.98 Å². The Bertz CT molecular complexity index is 977. The monoisotopic (exact) mass is 382 g/mol. The zero-order valence-corrected chi connectivity index (χ0v) is 16.2. The minimum Gasteiger partial charge on any atom is -0.334 e. The van der Waals surface area contributed by atoms with Crippen molar-refractivity contribution >= 4 is 31.4 Å². The lowest BCUT2D eigenvalue weighted by molar-refractivity contribution is -0.721. The fourth-order valence-corrected chi connectivity index (χ4v) is 7.21. The maximum Gasteiger partial charge on any atom is 0.260 e. The summed E-state index contributed by atoms with van der Waals surface area (Å²) in [5.41, 5.74) is 1.14. The van der Waals surface area contributed by atoms with E-state index in [0.717, 1.165) is 29.5 Å². The molecule has 2 aromatic heterocycles. The summed E-state index contributed by atoms with van der Waals surface area (Å²) in [4.78, 5) is 22.5. The van der Waals surface area contributed by atoms with Crippen LogP contribution in [0.1, 0.15) is 49.0 Å². The predicted molar refractivity (Wildman–Crippen MR) is 98.8 cm³/mol. The molecule has 2 aromatic rings. The number of hydrogen-bond donors (Lipinski definition) is 2. The first kappa shape index (κ1) is 17.2. The minimum atomic E-state index is -2.90. The fraction of sp³-hybridized carbons (Fsp3) is 0.647. The van der Waals surface area contributed by atoms with Crippen LogP contribution in [0.4, 0.5) is 0 Å². The van der Waals surface area contributed by atoms with Crippen LogP contribution in [0.2, 0.25) is 0 Å². The van der Waals surface area contributed by atoms with Crippen molar-refractivity contribution in [2.75, 3.05) is 11.5 Å². The van der Waals surface area contributed by atoms with Crippen molar-refractivity contribution < 1.29 is 13.7 Å². The molecule has 0 bridgehead atoms. The molecule has 0 aromatic carbocycles. The third-order valence-corrected chi connectivity index (χ3v) is 8.39. The van der Waals surface area contributed by atoms with Crippen molar-refractivity contribution in [1.82, 2.24) is 9.97 Å². The van der Waals surface area contributed by atoms with Crippen molar-refractivity contribution in [2.45, 2.75) is 51.6 Å². The van der Waals surface area contributed by atoms with Gasteiger partial charge in [-0.15, -0.1) is 11.3 Å². The normalized spacial score (nSPS) is 26.6. The molecule has 1 aliphatic heterocycles. The van der Waals surface area contributed by atoms with E-state index in [1.165, 1.54) is 10.4 Å². The van der Waals surface area contributed by atoms with Gasteiger partial charge in [0.25, 0.3) is 5.56 Å². The zero-order valence-electron chi connectivity index (χ0n) is 14.5. The van der Waals surface area contributed by atoms with E-state index in [2.05, 4.69) is 11.9 Å². The smallest absolute Gasteiger partial charge is 0.260 e. The highest BCUT2D eigenvalue weighted by atomic mass is 32.2. The summed E-state index contributed by atoms with van der Waals surface area (Å²) >= 11 is 1.65. The van der Waals surface area contributed by atoms with Gasteiger partial charge >= 0.3 is 0 Å². The van der Waals surface area contributed by atoms with Crippen molar-refractivity contribution in [3.8, 4) is 0 Å². The molecule has 1 aliphatic carbocycles. The Morgan fingerprint density at radius 2 is 2.16 bits per heavy atom. The van der Waals surface area contributed by atoms with E-state index in [9.17, 15) is 13.2 Å². The van der Waals surface area contributed by atoms with Gasteiger partial charge in [0.15, 0.2) is 15.7 Å². The second kappa shape index (κ2) is 6.17. The van der Waals surface area contributed by atoms with Gasteiger partial charge in [-0.25, -0.2) is 13.4 Å². The summed E-state index contributed by atoms with van der Waals surface area (Å²) in [6, 6.07) is -0.00755. The van der Waals surface area contributed by atoms with Gasteiger partial charge in [0.1, 0.15) is 22.7 Å². The molecule has 1 fully saturated rings. The molecule has 3 N–H and O–H groups in total. The van der Waals surface area contributed by atoms with E-state index in [-0.39, 0.29) is 29.1 Å². The summed E-state index contributed by atoms with van der Waals surface area (Å²) in [5, 5.41) is 2.80. The minimum absolute atomic E-state index is 0.0497. The molecule has 0 unspecified atom stereocenters. The first-order valence-corrected chi connectivity index (χ1v) is 11.6. The van der Waals surface area contributed by atoms with Gasteiger partial charge in [0, 0.05) is 11.3 Å². The Hall–Kier alpha value is -1.25. The molecule has 2 aliphatic rings. The number of nitrogens with two attached hydrogens (primary N) is 1. The molecule has 3 atom stereocenters. The number of fused-ring (bicyclic) bond motifs is 3. The molecule has 0 radical (unpaired) electrons. The Morgan fingerprint density at radius 1 is 1.36 bits per heavy atom. The molecule has 0 saturated carbocycles. The standard InChI is InChI=1S/C17H23N3O3S2/c1-9-3-4-12-13(7-9)24-17-14(12)16(21)19-15(20-17)10(2)18-11-5-6-25(22,23)8-11/h9-11,18H,3-8H2,1-2H3,(H,19,20,21)/p+1/t9-,10+,11-/m1/s1. The van der Waals surface area contributed by atoms with Crippen LogP contribution in [-0.4, -0.2) is 35.9 Å². The van der Waals surface area contributed by atoms with Gasteiger partial charge in [0.2, 0.25) is 0 Å². The molecule has 1 saturated heterocycles. The molecular formula is C17H24N3O3S2+. The number of H-pyrrole nitrogens is 1. The molecular weight excluding hydrogens is 358 g/mol. The highest BCUT2D eigenvalue weighted by Gasteiger charge is 2.32. The third kappa shape index (κ3) is 3.27. The van der Waals surface area contributed by atoms with Gasteiger partial charge in [-0.1, -0.05) is 6.92 Å². The Labute approximate surface area is 151 Å². The van der Waals surface area contributed by atoms with Crippen molar-refractivity contribution in [2.24, 2.45) is 5.92 Å². The Kier molecular flexibility index (Phi) is 4.24. The van der Waals surface area contributed by atoms with Gasteiger partial charge < -0.3 is 10.3 Å². The molecule has 8 heteroatoms. The summed E-state index contributed by atoms with van der Waals surface area (Å²) in [6.07, 6.45) is 3.79. The van der Waals surface area contributed by atoms with Crippen molar-refractivity contribution in [3.63, 3.8) is 0 Å². The number of nitrogens with zero attached hydrogens (tertiary/aromatic N) is 1. The van der Waals surface area contributed by atoms with Crippen LogP contribution in [0.5, 0.6) is 0 Å². The first-order chi connectivity index (χ1) is 11.8. The average Bonchev–Trinajstić information content (AvgIpc) is 3.06. The van der Waals surface area contributed by atoms with Gasteiger partial charge in [0.05, 0.1) is 11.1 Å². The van der Waals surface area contributed by atoms with Crippen LogP contribution in [0.25, 0.3) is 10.2 Å². The van der Waals surface area contributed by atoms with Crippen LogP contribution in [0.3, 0.4) is 0 Å². The molecule has 136 valence electrons. The second-order valence-corrected chi connectivity index (χ2v) is 10.9. The van der Waals surface area contributed by atoms with Crippen LogP contribution >= 0.6 is 11.3 Å². The lowest BCUT2D eigenvalue weighted by Crippen LogP contribution is -2.91. The molecule has 6 nitrogen and oxygen atoms in total. The van der Waals surface area contributed by atoms with E-state index in [1.807, 2.05) is 12.2 Å². The van der Waals surface area contributed by atoms with Crippen LogP contribution in [0, 0.1) is 5.92 Å². The molecule has 25 heavy (non-hydrogen) atoms. The van der Waals surface area contributed by atoms with Crippen molar-refractivity contribution in [3.05, 3.63) is 26.6 Å². The summed E-state index contributed by atoms with van der Waals surface area (Å²) in [7, 11) is -2.90. The fourth-order valence-electron chi connectivity index (χ4n) is 4.06. The highest BCUT2D eigenvalue weighted by molar-refractivity contribution is 7.91. The molecule has 4 rings (SSSR count). The number of thiophene rings is 1. The number of aromatic nitrogens is 2. The Morgan fingerprint density at radius 3 is 2.88 bits per heavy atom. The van der Waals surface area contributed by atoms with E-state index in [1.54, 1.807) is 11.3 Å². The van der Waals surface area contributed by atoms with Crippen molar-refractivity contribution in [1.29, 1.82) is 0 Å². The second-order valence-electron chi connectivity index (χ2n) is 7.63. The van der Waals surface area contributed by atoms with Gasteiger partial charge in [-0.2, -0.15) is 0 Å². The average molecular weight is 383 g/mol. The quantitative estimate of drug-likeness (QED) is 0.825. The molecule has 3 heterocycles. The topological polar surface area (TPSA) is 96.5 Å². The Balaban J connectivity index is 1.64. The van der Waals surface area contributed by atoms with E-state index >= 15 is 0 Å². The van der Waals surface area contributed by atoms with Crippen LogP contribution in [0.15, 0.2) is 4.79 Å². The van der Waals surface area contributed by atoms with E-state index in [0.29, 0.717) is 18.2 Å². The highest BCUT2D eigenvalue weighted by Crippen LogP contribution is 2.35.